The van der Waals surface area contributed by atoms with Crippen molar-refractivity contribution in [3.8, 4) is 34.2 Å². The van der Waals surface area contributed by atoms with Crippen LogP contribution >= 0.6 is 0 Å². The maximum absolute atomic E-state index is 5.21. The van der Waals surface area contributed by atoms with Gasteiger partial charge in [-0.1, -0.05) is 135 Å². The SMILES string of the molecule is CC1(C)c2cccc3c2c2c1ccc1c4ccccc4n(c4cc(-c5nc(-c6ccccc6)nc(-c6ccccc6)n5)cc5c6ccccc6n3c54)c12. The molecular formula is C48H31N5. The molecular weight excluding hydrogens is 647 g/mol. The standard InChI is InChI=1S/C48H31N5/c1-48(2)35-20-13-23-39-41(35)42-36(48)25-24-33-31-18-9-11-21-37(31)53(44(33)42)40-27-30(26-34-32-19-10-12-22-38(32)52(39)43(34)40)47-50-45(28-14-5-3-6-15-28)49-46(51-47)29-16-7-4-8-17-29/h3-27H,1-2H3. The lowest BCUT2D eigenvalue weighted by Crippen LogP contribution is -2.15. The molecule has 1 aliphatic carbocycles. The van der Waals surface area contributed by atoms with Gasteiger partial charge in [-0.2, -0.15) is 0 Å². The Labute approximate surface area is 304 Å². The van der Waals surface area contributed by atoms with E-state index in [0.717, 1.165) is 27.6 Å². The molecule has 11 aromatic rings. The van der Waals surface area contributed by atoms with Gasteiger partial charge in [0.25, 0.3) is 0 Å². The van der Waals surface area contributed by atoms with Crippen molar-refractivity contribution in [2.24, 2.45) is 0 Å². The zero-order valence-electron chi connectivity index (χ0n) is 29.2. The van der Waals surface area contributed by atoms with E-state index in [4.69, 9.17) is 15.0 Å². The predicted octanol–water partition coefficient (Wildman–Crippen LogP) is 11.8. The molecule has 0 radical (unpaired) electrons. The summed E-state index contributed by atoms with van der Waals surface area (Å²) in [5.41, 5.74) is 12.5. The predicted molar refractivity (Wildman–Crippen MR) is 218 cm³/mol. The third-order valence-electron chi connectivity index (χ3n) is 11.7. The highest BCUT2D eigenvalue weighted by molar-refractivity contribution is 6.26. The highest BCUT2D eigenvalue weighted by Gasteiger charge is 2.36. The van der Waals surface area contributed by atoms with E-state index in [2.05, 4.69) is 138 Å². The van der Waals surface area contributed by atoms with Gasteiger partial charge in [-0.15, -0.1) is 0 Å². The van der Waals surface area contributed by atoms with Crippen LogP contribution in [0.15, 0.2) is 152 Å². The number of para-hydroxylation sites is 2. The summed E-state index contributed by atoms with van der Waals surface area (Å²) in [4.78, 5) is 15.4. The van der Waals surface area contributed by atoms with Gasteiger partial charge in [0.05, 0.1) is 33.1 Å². The maximum Gasteiger partial charge on any atom is 0.164 e. The van der Waals surface area contributed by atoms with Crippen LogP contribution in [0.5, 0.6) is 0 Å². The van der Waals surface area contributed by atoms with E-state index in [0.29, 0.717) is 17.5 Å². The molecule has 0 unspecified atom stereocenters. The molecule has 7 aromatic carbocycles. The molecule has 1 aliphatic rings. The van der Waals surface area contributed by atoms with Gasteiger partial charge in [0, 0.05) is 54.4 Å². The highest BCUT2D eigenvalue weighted by atomic mass is 15.0. The molecule has 5 heteroatoms. The van der Waals surface area contributed by atoms with E-state index >= 15 is 0 Å². The van der Waals surface area contributed by atoms with Crippen LogP contribution in [-0.4, -0.2) is 23.8 Å². The van der Waals surface area contributed by atoms with Gasteiger partial charge < -0.3 is 8.80 Å². The summed E-state index contributed by atoms with van der Waals surface area (Å²) < 4.78 is 5.05. The van der Waals surface area contributed by atoms with Crippen LogP contribution < -0.4 is 0 Å². The van der Waals surface area contributed by atoms with Crippen LogP contribution in [0.1, 0.15) is 25.0 Å². The number of nitrogens with zero attached hydrogens (tertiary/aromatic N) is 5. The summed E-state index contributed by atoms with van der Waals surface area (Å²) >= 11 is 0. The van der Waals surface area contributed by atoms with Crippen molar-refractivity contribution >= 4 is 65.4 Å². The fraction of sp³-hybridized carbons (Fsp3) is 0.0625. The quantitative estimate of drug-likeness (QED) is 0.187. The Balaban J connectivity index is 1.34. The third kappa shape index (κ3) is 3.73. The summed E-state index contributed by atoms with van der Waals surface area (Å²) in [7, 11) is 0. The van der Waals surface area contributed by atoms with Crippen molar-refractivity contribution in [1.29, 1.82) is 0 Å². The molecule has 53 heavy (non-hydrogen) atoms. The second-order valence-electron chi connectivity index (χ2n) is 14.8. The zero-order chi connectivity index (χ0) is 35.0. The fourth-order valence-corrected chi connectivity index (χ4v) is 9.30. The molecule has 0 spiro atoms. The minimum atomic E-state index is -0.160. The summed E-state index contributed by atoms with van der Waals surface area (Å²) in [6.07, 6.45) is 0. The van der Waals surface area contributed by atoms with Crippen LogP contribution in [0, 0.1) is 0 Å². The summed E-state index contributed by atoms with van der Waals surface area (Å²) in [6.45, 7) is 4.75. The van der Waals surface area contributed by atoms with Crippen LogP contribution in [0.2, 0.25) is 0 Å². The van der Waals surface area contributed by atoms with Gasteiger partial charge in [0.1, 0.15) is 0 Å². The number of benzene rings is 7. The lowest BCUT2D eigenvalue weighted by molar-refractivity contribution is 0.663. The minimum absolute atomic E-state index is 0.160. The van der Waals surface area contributed by atoms with Crippen LogP contribution in [0.3, 0.4) is 0 Å². The average molecular weight is 678 g/mol. The van der Waals surface area contributed by atoms with E-state index in [1.54, 1.807) is 0 Å². The van der Waals surface area contributed by atoms with Crippen molar-refractivity contribution in [3.05, 3.63) is 163 Å². The molecule has 0 fully saturated rings. The number of fused-ring (bicyclic) bond motifs is 8. The summed E-state index contributed by atoms with van der Waals surface area (Å²) in [6, 6.07) is 54.3. The number of hydrogen-bond acceptors (Lipinski definition) is 3. The molecule has 0 atom stereocenters. The average Bonchev–Trinajstić information content (AvgIpc) is 3.81. The summed E-state index contributed by atoms with van der Waals surface area (Å²) in [5.74, 6) is 1.94. The van der Waals surface area contributed by atoms with Crippen molar-refractivity contribution < 1.29 is 0 Å². The Hall–Kier alpha value is -6.85. The van der Waals surface area contributed by atoms with E-state index in [9.17, 15) is 0 Å². The van der Waals surface area contributed by atoms with Crippen LogP contribution in [-0.2, 0) is 5.41 Å². The molecule has 0 aliphatic heterocycles. The zero-order valence-corrected chi connectivity index (χ0v) is 29.2. The molecule has 0 amide bonds. The Morgan fingerprint density at radius 2 is 0.906 bits per heavy atom. The Kier molecular flexibility index (Phi) is 5.51. The Morgan fingerprint density at radius 3 is 1.57 bits per heavy atom. The van der Waals surface area contributed by atoms with Gasteiger partial charge in [-0.3, -0.25) is 0 Å². The molecule has 4 heterocycles. The minimum Gasteiger partial charge on any atom is -0.307 e. The van der Waals surface area contributed by atoms with Crippen LogP contribution in [0.25, 0.3) is 99.6 Å². The maximum atomic E-state index is 5.21. The molecule has 0 saturated heterocycles. The lowest BCUT2D eigenvalue weighted by atomic mass is 9.82. The second kappa shape index (κ2) is 10.1. The van der Waals surface area contributed by atoms with Gasteiger partial charge in [-0.25, -0.2) is 15.0 Å². The molecule has 248 valence electrons. The van der Waals surface area contributed by atoms with Crippen molar-refractivity contribution in [1.82, 2.24) is 23.8 Å². The Morgan fingerprint density at radius 1 is 0.377 bits per heavy atom. The lowest BCUT2D eigenvalue weighted by Gasteiger charge is -2.21. The largest absolute Gasteiger partial charge is 0.307 e. The van der Waals surface area contributed by atoms with Crippen molar-refractivity contribution in [2.45, 2.75) is 19.3 Å². The van der Waals surface area contributed by atoms with E-state index in [1.165, 1.54) is 65.6 Å². The first-order chi connectivity index (χ1) is 26.1. The van der Waals surface area contributed by atoms with Crippen molar-refractivity contribution in [2.75, 3.05) is 0 Å². The number of aromatic nitrogens is 5. The molecule has 5 nitrogen and oxygen atoms in total. The monoisotopic (exact) mass is 677 g/mol. The van der Waals surface area contributed by atoms with Gasteiger partial charge >= 0.3 is 0 Å². The fourth-order valence-electron chi connectivity index (χ4n) is 9.30. The van der Waals surface area contributed by atoms with Gasteiger partial charge in [0.15, 0.2) is 17.5 Å². The van der Waals surface area contributed by atoms with Gasteiger partial charge in [0.2, 0.25) is 0 Å². The smallest absolute Gasteiger partial charge is 0.164 e. The van der Waals surface area contributed by atoms with Gasteiger partial charge in [-0.05, 0) is 41.5 Å². The summed E-state index contributed by atoms with van der Waals surface area (Å²) in [5, 5.41) is 7.52. The molecule has 12 rings (SSSR count). The van der Waals surface area contributed by atoms with E-state index in [-0.39, 0.29) is 5.41 Å². The first-order valence-electron chi connectivity index (χ1n) is 18.2. The molecule has 4 aromatic heterocycles. The Bertz CT molecular complexity index is 3300. The molecule has 0 bridgehead atoms. The van der Waals surface area contributed by atoms with Crippen molar-refractivity contribution in [3.63, 3.8) is 0 Å². The highest BCUT2D eigenvalue weighted by Crippen LogP contribution is 2.51. The number of hydrogen-bond donors (Lipinski definition) is 0. The second-order valence-corrected chi connectivity index (χ2v) is 14.8. The molecule has 0 saturated carbocycles. The number of rotatable bonds is 3. The topological polar surface area (TPSA) is 47.5 Å². The third-order valence-corrected chi connectivity index (χ3v) is 11.7. The first-order valence-corrected chi connectivity index (χ1v) is 18.2. The molecule has 0 N–H and O–H groups in total. The van der Waals surface area contributed by atoms with E-state index < -0.39 is 0 Å². The normalized spacial score (nSPS) is 13.6. The van der Waals surface area contributed by atoms with E-state index in [1.807, 2.05) is 36.4 Å². The first kappa shape index (κ1) is 28.8. The van der Waals surface area contributed by atoms with Crippen LogP contribution in [0.4, 0.5) is 0 Å².